The van der Waals surface area contributed by atoms with E-state index in [9.17, 15) is 4.79 Å². The minimum absolute atomic E-state index is 0.0696. The van der Waals surface area contributed by atoms with Crippen LogP contribution in [0.1, 0.15) is 67.1 Å². The number of nitrogens with zero attached hydrogens (tertiary/aromatic N) is 1. The van der Waals surface area contributed by atoms with Crippen LogP contribution in [0.2, 0.25) is 0 Å². The van der Waals surface area contributed by atoms with Crippen LogP contribution in [-0.4, -0.2) is 23.6 Å². The van der Waals surface area contributed by atoms with Crippen molar-refractivity contribution in [3.63, 3.8) is 0 Å². The van der Waals surface area contributed by atoms with Gasteiger partial charge in [-0.05, 0) is 61.4 Å². The second-order valence-corrected chi connectivity index (χ2v) is 8.35. The monoisotopic (exact) mass is 366 g/mol. The Kier molecular flexibility index (Phi) is 5.35. The first kappa shape index (κ1) is 18.3. The fourth-order valence-corrected chi connectivity index (χ4v) is 4.92. The zero-order chi connectivity index (χ0) is 18.8. The van der Waals surface area contributed by atoms with E-state index in [4.69, 9.17) is 0 Å². The summed E-state index contributed by atoms with van der Waals surface area (Å²) in [5, 5.41) is 3.24. The highest BCUT2D eigenvalue weighted by Crippen LogP contribution is 2.25. The molecule has 4 nitrogen and oxygen atoms in total. The molecule has 1 aliphatic carbocycles. The highest BCUT2D eigenvalue weighted by atomic mass is 16.2. The van der Waals surface area contributed by atoms with Crippen molar-refractivity contribution < 1.29 is 9.69 Å². The van der Waals surface area contributed by atoms with Gasteiger partial charge in [0.1, 0.15) is 6.04 Å². The van der Waals surface area contributed by atoms with E-state index in [0.717, 1.165) is 6.54 Å². The van der Waals surface area contributed by atoms with E-state index in [2.05, 4.69) is 60.4 Å². The number of rotatable bonds is 5. The Morgan fingerprint density at radius 3 is 2.81 bits per heavy atom. The van der Waals surface area contributed by atoms with Crippen molar-refractivity contribution in [1.29, 1.82) is 0 Å². The molecule has 4 rings (SSSR count). The highest BCUT2D eigenvalue weighted by Gasteiger charge is 2.33. The number of benzene rings is 1. The molecule has 0 saturated carbocycles. The summed E-state index contributed by atoms with van der Waals surface area (Å²) >= 11 is 0. The Hall–Kier alpha value is -2.07. The van der Waals surface area contributed by atoms with Crippen molar-refractivity contribution in [2.24, 2.45) is 7.05 Å². The van der Waals surface area contributed by atoms with Gasteiger partial charge in [0.05, 0.1) is 18.3 Å². The van der Waals surface area contributed by atoms with Crippen LogP contribution in [0.5, 0.6) is 0 Å². The lowest BCUT2D eigenvalue weighted by molar-refractivity contribution is -0.911. The molecule has 144 valence electrons. The summed E-state index contributed by atoms with van der Waals surface area (Å²) in [6.45, 7) is 3.75. The Morgan fingerprint density at radius 2 is 2.04 bits per heavy atom. The van der Waals surface area contributed by atoms with Gasteiger partial charge in [0.2, 0.25) is 0 Å². The number of hydrogen-bond donors (Lipinski definition) is 2. The van der Waals surface area contributed by atoms with Gasteiger partial charge in [-0.25, -0.2) is 0 Å². The smallest absolute Gasteiger partial charge is 0.275 e. The number of carbonyl (C=O) groups excluding carboxylic acids is 1. The summed E-state index contributed by atoms with van der Waals surface area (Å²) in [7, 11) is 2.10. The normalized spacial score (nSPS) is 23.0. The molecule has 4 heteroatoms. The van der Waals surface area contributed by atoms with Crippen LogP contribution in [0.25, 0.3) is 0 Å². The van der Waals surface area contributed by atoms with Crippen LogP contribution in [0.3, 0.4) is 0 Å². The topological polar surface area (TPSA) is 38.5 Å². The molecule has 2 N–H and O–H groups in total. The Bertz CT molecular complexity index is 810. The van der Waals surface area contributed by atoms with Crippen LogP contribution >= 0.6 is 0 Å². The number of nitrogens with one attached hydrogen (secondary N) is 2. The number of likely N-dealkylation sites (tertiary alicyclic amines) is 1. The van der Waals surface area contributed by atoms with Gasteiger partial charge in [0.25, 0.3) is 5.91 Å². The summed E-state index contributed by atoms with van der Waals surface area (Å²) in [5.74, 6) is 0.163. The summed E-state index contributed by atoms with van der Waals surface area (Å²) < 4.78 is 2.20. The Morgan fingerprint density at radius 1 is 1.22 bits per heavy atom. The molecule has 3 atom stereocenters. The Balaban J connectivity index is 1.38. The number of quaternary nitrogens is 1. The van der Waals surface area contributed by atoms with Gasteiger partial charge in [-0.3, -0.25) is 4.79 Å². The zero-order valence-electron chi connectivity index (χ0n) is 16.6. The van der Waals surface area contributed by atoms with Gasteiger partial charge in [0, 0.05) is 26.1 Å². The molecule has 2 aromatic rings. The van der Waals surface area contributed by atoms with Gasteiger partial charge < -0.3 is 14.8 Å². The number of fused-ring (bicyclic) bond motifs is 1. The third-order valence-electron chi connectivity index (χ3n) is 6.46. The number of amides is 1. The fraction of sp³-hybridized carbons (Fsp3) is 0.522. The zero-order valence-corrected chi connectivity index (χ0v) is 16.6. The van der Waals surface area contributed by atoms with Crippen molar-refractivity contribution in [1.82, 2.24) is 9.88 Å². The second kappa shape index (κ2) is 7.89. The van der Waals surface area contributed by atoms with E-state index in [1.165, 1.54) is 65.8 Å². The molecule has 2 heterocycles. The maximum atomic E-state index is 12.7. The quantitative estimate of drug-likeness (QED) is 0.838. The fourth-order valence-electron chi connectivity index (χ4n) is 4.92. The van der Waals surface area contributed by atoms with E-state index in [0.29, 0.717) is 12.6 Å². The van der Waals surface area contributed by atoms with E-state index >= 15 is 0 Å². The molecular formula is C23H32N3O+. The van der Waals surface area contributed by atoms with Crippen molar-refractivity contribution in [3.8, 4) is 0 Å². The van der Waals surface area contributed by atoms with Gasteiger partial charge in [-0.2, -0.15) is 0 Å². The van der Waals surface area contributed by atoms with E-state index in [1.807, 2.05) is 0 Å². The molecule has 27 heavy (non-hydrogen) atoms. The van der Waals surface area contributed by atoms with Gasteiger partial charge in [-0.1, -0.05) is 18.2 Å². The van der Waals surface area contributed by atoms with Crippen LogP contribution in [0.4, 0.5) is 0 Å². The number of aryl methyl sites for hydroxylation is 3. The van der Waals surface area contributed by atoms with Crippen molar-refractivity contribution in [3.05, 3.63) is 58.9 Å². The van der Waals surface area contributed by atoms with Crippen molar-refractivity contribution >= 4 is 5.91 Å². The first-order chi connectivity index (χ1) is 13.1. The van der Waals surface area contributed by atoms with Gasteiger partial charge in [-0.15, -0.1) is 0 Å². The van der Waals surface area contributed by atoms with Crippen molar-refractivity contribution in [2.75, 3.05) is 13.1 Å². The summed E-state index contributed by atoms with van der Waals surface area (Å²) in [4.78, 5) is 14.1. The predicted molar refractivity (Wildman–Crippen MR) is 108 cm³/mol. The lowest BCUT2D eigenvalue weighted by atomic mass is 9.89. The first-order valence-electron chi connectivity index (χ1n) is 10.5. The van der Waals surface area contributed by atoms with Crippen LogP contribution < -0.4 is 10.2 Å². The lowest BCUT2D eigenvalue weighted by Crippen LogP contribution is -3.11. The lowest BCUT2D eigenvalue weighted by Gasteiger charge is -2.23. The maximum absolute atomic E-state index is 12.7. The second-order valence-electron chi connectivity index (χ2n) is 8.35. The number of aromatic nitrogens is 1. The minimum Gasteiger partial charge on any atom is -0.350 e. The molecule has 1 saturated heterocycles. The molecule has 1 aliphatic heterocycles. The third-order valence-corrected chi connectivity index (χ3v) is 6.46. The molecule has 1 aromatic carbocycles. The molecule has 1 amide bonds. The minimum atomic E-state index is 0.0696. The van der Waals surface area contributed by atoms with Crippen LogP contribution in [0.15, 0.2) is 36.5 Å². The molecule has 1 aromatic heterocycles. The van der Waals surface area contributed by atoms with Crippen LogP contribution in [-0.2, 0) is 24.7 Å². The van der Waals surface area contributed by atoms with Gasteiger partial charge in [0.15, 0.2) is 6.54 Å². The largest absolute Gasteiger partial charge is 0.350 e. The summed E-state index contributed by atoms with van der Waals surface area (Å²) in [6.07, 6.45) is 9.44. The molecule has 2 aliphatic rings. The van der Waals surface area contributed by atoms with Crippen LogP contribution in [0, 0.1) is 0 Å². The summed E-state index contributed by atoms with van der Waals surface area (Å²) in [6, 6.07) is 11.6. The average molecular weight is 367 g/mol. The molecule has 1 fully saturated rings. The molecular weight excluding hydrogens is 334 g/mol. The standard InChI is InChI=1S/C23H31N3O/c1-17(19-12-11-18-7-3-4-8-20(18)15-19)24-23(27)16-26-14-6-10-22(26)21-9-5-13-25(21)2/h5,9,11-13,15,17,22H,3-4,6-8,10,14,16H2,1-2H3,(H,24,27)/p+1/t17-,22+/m0/s1. The molecule has 1 unspecified atom stereocenters. The average Bonchev–Trinajstić information content (AvgIpc) is 3.29. The molecule has 0 radical (unpaired) electrons. The SMILES string of the molecule is C[C@H](NC(=O)C[NH+]1CCC[C@@H]1c1cccn1C)c1ccc2c(c1)CCCC2. The predicted octanol–water partition coefficient (Wildman–Crippen LogP) is 2.50. The van der Waals surface area contributed by atoms with E-state index in [1.54, 1.807) is 0 Å². The van der Waals surface area contributed by atoms with E-state index < -0.39 is 0 Å². The molecule has 0 bridgehead atoms. The van der Waals surface area contributed by atoms with Gasteiger partial charge >= 0.3 is 0 Å². The summed E-state index contributed by atoms with van der Waals surface area (Å²) in [5.41, 5.74) is 5.56. The number of carbonyl (C=O) groups is 1. The van der Waals surface area contributed by atoms with E-state index in [-0.39, 0.29) is 11.9 Å². The highest BCUT2D eigenvalue weighted by molar-refractivity contribution is 5.77. The number of hydrogen-bond acceptors (Lipinski definition) is 1. The Labute approximate surface area is 162 Å². The maximum Gasteiger partial charge on any atom is 0.275 e. The first-order valence-corrected chi connectivity index (χ1v) is 10.5. The van der Waals surface area contributed by atoms with Crippen molar-refractivity contribution in [2.45, 2.75) is 57.5 Å². The molecule has 0 spiro atoms. The third kappa shape index (κ3) is 3.96.